The lowest BCUT2D eigenvalue weighted by atomic mass is 9.97. The van der Waals surface area contributed by atoms with Crippen LogP contribution in [-0.2, 0) is 6.42 Å². The third kappa shape index (κ3) is 4.01. The van der Waals surface area contributed by atoms with Crippen LogP contribution in [0.15, 0.2) is 146 Å². The lowest BCUT2D eigenvalue weighted by Crippen LogP contribution is -2.03. The van der Waals surface area contributed by atoms with E-state index < -0.39 is 0 Å². The average Bonchev–Trinajstić information content (AvgIpc) is 3.68. The molecule has 5 aromatic carbocycles. The summed E-state index contributed by atoms with van der Waals surface area (Å²) in [5, 5.41) is 3.41. The van der Waals surface area contributed by atoms with E-state index in [0.717, 1.165) is 62.5 Å². The first-order chi connectivity index (χ1) is 23.8. The van der Waals surface area contributed by atoms with Crippen molar-refractivity contribution >= 4 is 49.8 Å². The van der Waals surface area contributed by atoms with Crippen molar-refractivity contribution in [2.75, 3.05) is 0 Å². The molecule has 0 bridgehead atoms. The first kappa shape index (κ1) is 26.8. The largest absolute Gasteiger partial charge is 0.309 e. The SMILES string of the molecule is C1=Cc2c(c3cccc(-c4ccc5c(c4)c4ncccc4n5-c4nc(-c5ccccc5)c5ccccc5n4)c3n2-c2ccccc2)CC1. The molecule has 0 atom stereocenters. The number of aryl methyl sites for hydroxylation is 1. The van der Waals surface area contributed by atoms with E-state index in [2.05, 4.69) is 130 Å². The van der Waals surface area contributed by atoms with E-state index in [-0.39, 0.29) is 0 Å². The molecule has 0 saturated carbocycles. The van der Waals surface area contributed by atoms with Crippen molar-refractivity contribution in [2.24, 2.45) is 0 Å². The molecular weight excluding hydrogens is 587 g/mol. The van der Waals surface area contributed by atoms with Gasteiger partial charge in [0.25, 0.3) is 0 Å². The van der Waals surface area contributed by atoms with Gasteiger partial charge in [-0.2, -0.15) is 0 Å². The molecule has 0 N–H and O–H groups in total. The molecule has 9 aromatic rings. The van der Waals surface area contributed by atoms with Crippen LogP contribution in [0.3, 0.4) is 0 Å². The monoisotopic (exact) mass is 615 g/mol. The molecule has 1 aliphatic rings. The van der Waals surface area contributed by atoms with E-state index in [1.165, 1.54) is 33.4 Å². The van der Waals surface area contributed by atoms with E-state index in [1.54, 1.807) is 0 Å². The van der Waals surface area contributed by atoms with Crippen LogP contribution in [0, 0.1) is 0 Å². The Bertz CT molecular complexity index is 2720. The number of para-hydroxylation sites is 3. The second kappa shape index (κ2) is 10.6. The first-order valence-electron chi connectivity index (χ1n) is 16.4. The van der Waals surface area contributed by atoms with Crippen molar-refractivity contribution in [3.63, 3.8) is 0 Å². The van der Waals surface area contributed by atoms with Gasteiger partial charge in [-0.25, -0.2) is 9.97 Å². The van der Waals surface area contributed by atoms with Crippen LogP contribution in [0.1, 0.15) is 17.7 Å². The van der Waals surface area contributed by atoms with Crippen LogP contribution in [0.2, 0.25) is 0 Å². The van der Waals surface area contributed by atoms with Gasteiger partial charge in [0, 0.05) is 44.9 Å². The Morgan fingerprint density at radius 2 is 1.40 bits per heavy atom. The minimum atomic E-state index is 0.632. The van der Waals surface area contributed by atoms with E-state index >= 15 is 0 Å². The Balaban J connectivity index is 1.24. The summed E-state index contributed by atoms with van der Waals surface area (Å²) in [4.78, 5) is 15.3. The van der Waals surface area contributed by atoms with Crippen molar-refractivity contribution in [1.82, 2.24) is 24.1 Å². The van der Waals surface area contributed by atoms with Crippen LogP contribution in [0.25, 0.3) is 83.8 Å². The molecule has 226 valence electrons. The van der Waals surface area contributed by atoms with Gasteiger partial charge in [-0.15, -0.1) is 0 Å². The van der Waals surface area contributed by atoms with Gasteiger partial charge < -0.3 is 4.57 Å². The summed E-state index contributed by atoms with van der Waals surface area (Å²) < 4.78 is 4.60. The van der Waals surface area contributed by atoms with Crippen molar-refractivity contribution in [3.8, 4) is 34.0 Å². The topological polar surface area (TPSA) is 48.5 Å². The number of hydrogen-bond acceptors (Lipinski definition) is 3. The maximum atomic E-state index is 5.23. The Morgan fingerprint density at radius 1 is 0.583 bits per heavy atom. The lowest BCUT2D eigenvalue weighted by Gasteiger charge is -2.14. The molecule has 4 aromatic heterocycles. The van der Waals surface area contributed by atoms with Crippen LogP contribution in [-0.4, -0.2) is 24.1 Å². The number of hydrogen-bond donors (Lipinski definition) is 0. The van der Waals surface area contributed by atoms with Gasteiger partial charge in [-0.05, 0) is 72.5 Å². The van der Waals surface area contributed by atoms with Gasteiger partial charge in [0.1, 0.15) is 0 Å². The quantitative estimate of drug-likeness (QED) is 0.198. The second-order valence-electron chi connectivity index (χ2n) is 12.4. The number of allylic oxidation sites excluding steroid dienone is 1. The number of fused-ring (bicyclic) bond motifs is 7. The molecule has 4 heterocycles. The lowest BCUT2D eigenvalue weighted by molar-refractivity contribution is 0.968. The molecule has 1 aliphatic carbocycles. The summed E-state index contributed by atoms with van der Waals surface area (Å²) in [7, 11) is 0. The zero-order valence-corrected chi connectivity index (χ0v) is 26.1. The van der Waals surface area contributed by atoms with Crippen molar-refractivity contribution in [2.45, 2.75) is 12.8 Å². The molecule has 0 aliphatic heterocycles. The molecule has 0 spiro atoms. The van der Waals surface area contributed by atoms with Gasteiger partial charge in [-0.1, -0.05) is 97.1 Å². The zero-order chi connectivity index (χ0) is 31.6. The number of aromatic nitrogens is 5. The van der Waals surface area contributed by atoms with Gasteiger partial charge in [-0.3, -0.25) is 9.55 Å². The molecule has 0 amide bonds. The maximum Gasteiger partial charge on any atom is 0.235 e. The minimum absolute atomic E-state index is 0.632. The molecule has 0 fully saturated rings. The fourth-order valence-electron chi connectivity index (χ4n) is 7.56. The summed E-state index contributed by atoms with van der Waals surface area (Å²) in [5.74, 6) is 0.632. The van der Waals surface area contributed by atoms with Crippen LogP contribution >= 0.6 is 0 Å². The van der Waals surface area contributed by atoms with Gasteiger partial charge in [0.2, 0.25) is 5.95 Å². The van der Waals surface area contributed by atoms with Crippen molar-refractivity contribution < 1.29 is 0 Å². The maximum absolute atomic E-state index is 5.23. The molecule has 10 rings (SSSR count). The molecule has 5 heteroatoms. The number of nitrogens with zero attached hydrogens (tertiary/aromatic N) is 5. The predicted octanol–water partition coefficient (Wildman–Crippen LogP) is 10.4. The van der Waals surface area contributed by atoms with Crippen LogP contribution in [0.5, 0.6) is 0 Å². The van der Waals surface area contributed by atoms with E-state index in [4.69, 9.17) is 15.0 Å². The zero-order valence-electron chi connectivity index (χ0n) is 26.1. The predicted molar refractivity (Wildman–Crippen MR) is 197 cm³/mol. The third-order valence-electron chi connectivity index (χ3n) is 9.66. The summed E-state index contributed by atoms with van der Waals surface area (Å²) >= 11 is 0. The van der Waals surface area contributed by atoms with E-state index in [1.807, 2.05) is 30.5 Å². The van der Waals surface area contributed by atoms with Crippen LogP contribution in [0.4, 0.5) is 0 Å². The average molecular weight is 616 g/mol. The van der Waals surface area contributed by atoms with Gasteiger partial charge >= 0.3 is 0 Å². The molecule has 0 radical (unpaired) electrons. The highest BCUT2D eigenvalue weighted by Crippen LogP contribution is 2.41. The fourth-order valence-corrected chi connectivity index (χ4v) is 7.56. The van der Waals surface area contributed by atoms with E-state index in [0.29, 0.717) is 5.95 Å². The standard InChI is InChI=1S/C43H29N5/c1-3-13-28(14-4-1)40-34-18-7-9-21-36(34)45-43(46-40)48-38-25-24-29(27-35(38)41-39(48)23-12-26-44-41)31-19-11-20-33-32-17-8-10-22-37(32)47(42(31)33)30-15-5-2-6-16-30/h1-7,9-16,18-27H,8,17H2. The number of pyridine rings is 1. The highest BCUT2D eigenvalue weighted by atomic mass is 15.2. The smallest absolute Gasteiger partial charge is 0.235 e. The Hall–Kier alpha value is -6.33. The Morgan fingerprint density at radius 3 is 2.29 bits per heavy atom. The highest BCUT2D eigenvalue weighted by Gasteiger charge is 2.23. The highest BCUT2D eigenvalue weighted by molar-refractivity contribution is 6.10. The molecule has 5 nitrogen and oxygen atoms in total. The summed E-state index contributed by atoms with van der Waals surface area (Å²) in [5.41, 5.74) is 13.3. The molecule has 0 unspecified atom stereocenters. The van der Waals surface area contributed by atoms with Crippen molar-refractivity contribution in [1.29, 1.82) is 0 Å². The van der Waals surface area contributed by atoms with Crippen molar-refractivity contribution in [3.05, 3.63) is 157 Å². The summed E-state index contributed by atoms with van der Waals surface area (Å²) in [6.07, 6.45) is 8.57. The normalized spacial score (nSPS) is 12.8. The van der Waals surface area contributed by atoms with Crippen LogP contribution < -0.4 is 0 Å². The molecular formula is C43H29N5. The van der Waals surface area contributed by atoms with Gasteiger partial charge in [0.15, 0.2) is 0 Å². The van der Waals surface area contributed by atoms with Gasteiger partial charge in [0.05, 0.1) is 33.3 Å². The number of benzene rings is 5. The summed E-state index contributed by atoms with van der Waals surface area (Å²) in [6.45, 7) is 0. The fraction of sp³-hybridized carbons (Fsp3) is 0.0465. The first-order valence-corrected chi connectivity index (χ1v) is 16.4. The van der Waals surface area contributed by atoms with E-state index in [9.17, 15) is 0 Å². The third-order valence-corrected chi connectivity index (χ3v) is 9.66. The molecule has 48 heavy (non-hydrogen) atoms. The Labute approximate surface area is 277 Å². The second-order valence-corrected chi connectivity index (χ2v) is 12.4. The Kier molecular flexibility index (Phi) is 5.93. The molecule has 0 saturated heterocycles. The summed E-state index contributed by atoms with van der Waals surface area (Å²) in [6, 6.07) is 46.9. The minimum Gasteiger partial charge on any atom is -0.309 e. The number of rotatable bonds is 4.